The SMILES string of the molecule is CC1(C)CC(=O)C2=C(C1)NC1=C(CN=N1)C21CCN(S(=O)(=O)C2=CN=C3CC=CC=C3C2)CC1. The van der Waals surface area contributed by atoms with Crippen LogP contribution in [0, 0.1) is 10.8 Å². The lowest BCUT2D eigenvalue weighted by Crippen LogP contribution is -2.50. The molecule has 34 heavy (non-hydrogen) atoms. The molecule has 4 heterocycles. The largest absolute Gasteiger partial charge is 0.342 e. The van der Waals surface area contributed by atoms with Gasteiger partial charge >= 0.3 is 0 Å². The third kappa shape index (κ3) is 3.24. The number of Topliss-reactive ketones (excluding diaryl/α,β-unsaturated/α-hetero) is 1. The molecule has 0 bridgehead atoms. The summed E-state index contributed by atoms with van der Waals surface area (Å²) >= 11 is 0. The zero-order valence-corrected chi connectivity index (χ0v) is 20.4. The molecule has 0 aromatic heterocycles. The number of carbonyl (C=O) groups is 1. The highest BCUT2D eigenvalue weighted by Crippen LogP contribution is 2.55. The summed E-state index contributed by atoms with van der Waals surface area (Å²) in [5.41, 5.74) is 4.16. The van der Waals surface area contributed by atoms with Gasteiger partial charge in [0, 0.05) is 66.5 Å². The summed E-state index contributed by atoms with van der Waals surface area (Å²) in [5, 5.41) is 12.0. The number of piperidine rings is 1. The molecule has 0 saturated carbocycles. The van der Waals surface area contributed by atoms with Crippen molar-refractivity contribution in [2.24, 2.45) is 26.1 Å². The molecule has 0 aromatic carbocycles. The number of carbonyl (C=O) groups excluding carboxylic acids is 1. The lowest BCUT2D eigenvalue weighted by molar-refractivity contribution is -0.119. The average molecular weight is 480 g/mol. The minimum atomic E-state index is -3.63. The van der Waals surface area contributed by atoms with Crippen molar-refractivity contribution in [3.05, 3.63) is 57.6 Å². The Labute approximate surface area is 200 Å². The molecule has 0 atom stereocenters. The van der Waals surface area contributed by atoms with E-state index in [1.165, 1.54) is 6.20 Å². The van der Waals surface area contributed by atoms with Crippen molar-refractivity contribution >= 4 is 21.5 Å². The first-order chi connectivity index (χ1) is 16.2. The molecule has 178 valence electrons. The molecule has 4 aliphatic heterocycles. The fourth-order valence-corrected chi connectivity index (χ4v) is 7.84. The quantitative estimate of drug-likeness (QED) is 0.649. The maximum absolute atomic E-state index is 13.5. The Bertz CT molecular complexity index is 1320. The van der Waals surface area contributed by atoms with Crippen molar-refractivity contribution in [2.45, 2.75) is 52.4 Å². The summed E-state index contributed by atoms with van der Waals surface area (Å²) in [6.45, 7) is 5.41. The second-order valence-corrected chi connectivity index (χ2v) is 12.8. The lowest BCUT2D eigenvalue weighted by atomic mass is 9.60. The van der Waals surface area contributed by atoms with Crippen LogP contribution in [0.15, 0.2) is 72.8 Å². The number of fused-ring (bicyclic) bond motifs is 3. The fourth-order valence-electron chi connectivity index (χ4n) is 6.32. The zero-order valence-electron chi connectivity index (χ0n) is 19.6. The maximum Gasteiger partial charge on any atom is 0.241 e. The number of allylic oxidation sites excluding steroid dienone is 7. The Morgan fingerprint density at radius 3 is 2.74 bits per heavy atom. The molecule has 9 heteroatoms. The fraction of sp³-hybridized carbons (Fsp3) is 0.520. The minimum Gasteiger partial charge on any atom is -0.342 e. The molecule has 0 aromatic rings. The molecular weight excluding hydrogens is 450 g/mol. The predicted molar refractivity (Wildman–Crippen MR) is 129 cm³/mol. The van der Waals surface area contributed by atoms with Crippen LogP contribution in [-0.2, 0) is 14.8 Å². The zero-order chi connectivity index (χ0) is 23.7. The van der Waals surface area contributed by atoms with E-state index in [9.17, 15) is 13.2 Å². The van der Waals surface area contributed by atoms with Gasteiger partial charge in [-0.3, -0.25) is 9.79 Å². The van der Waals surface area contributed by atoms with Crippen LogP contribution in [0.1, 0.15) is 52.4 Å². The van der Waals surface area contributed by atoms with E-state index < -0.39 is 15.4 Å². The van der Waals surface area contributed by atoms with E-state index in [1.54, 1.807) is 4.31 Å². The second-order valence-electron chi connectivity index (χ2n) is 10.8. The van der Waals surface area contributed by atoms with Gasteiger partial charge in [0.15, 0.2) is 11.6 Å². The molecule has 0 radical (unpaired) electrons. The van der Waals surface area contributed by atoms with E-state index in [0.717, 1.165) is 46.8 Å². The van der Waals surface area contributed by atoms with Gasteiger partial charge in [-0.15, -0.1) is 5.11 Å². The van der Waals surface area contributed by atoms with Gasteiger partial charge in [-0.1, -0.05) is 32.1 Å². The van der Waals surface area contributed by atoms with Crippen LogP contribution in [-0.4, -0.2) is 43.9 Å². The maximum atomic E-state index is 13.5. The van der Waals surface area contributed by atoms with Gasteiger partial charge in [0.1, 0.15) is 0 Å². The first-order valence-electron chi connectivity index (χ1n) is 12.0. The standard InChI is InChI=1S/C25H29N5O3S/c1-24(2)12-20-22(21(31)13-24)25(18-15-27-29-23(18)28-20)7-9-30(10-8-25)34(32,33)17-11-16-5-3-4-6-19(16)26-14-17/h3-5,14,28H,6-13,15H2,1-2H3. The van der Waals surface area contributed by atoms with E-state index in [4.69, 9.17) is 0 Å². The van der Waals surface area contributed by atoms with Gasteiger partial charge in [0.05, 0.1) is 11.4 Å². The smallest absolute Gasteiger partial charge is 0.241 e. The Morgan fingerprint density at radius 1 is 1.15 bits per heavy atom. The minimum absolute atomic E-state index is 0.113. The molecule has 1 saturated heterocycles. The Kier molecular flexibility index (Phi) is 4.77. The molecule has 8 nitrogen and oxygen atoms in total. The van der Waals surface area contributed by atoms with Gasteiger partial charge in [0.2, 0.25) is 10.0 Å². The first-order valence-corrected chi connectivity index (χ1v) is 13.4. The topological polar surface area (TPSA) is 104 Å². The van der Waals surface area contributed by atoms with Crippen LogP contribution in [0.3, 0.4) is 0 Å². The molecule has 6 aliphatic rings. The number of ketones is 1. The summed E-state index contributed by atoms with van der Waals surface area (Å²) in [5.74, 6) is 0.928. The third-order valence-electron chi connectivity index (χ3n) is 7.98. The molecule has 0 unspecified atom stereocenters. The van der Waals surface area contributed by atoms with E-state index in [-0.39, 0.29) is 11.2 Å². The number of azo groups is 1. The van der Waals surface area contributed by atoms with E-state index in [0.29, 0.717) is 50.2 Å². The Balaban J connectivity index is 1.30. The molecule has 1 spiro atoms. The molecule has 1 fully saturated rings. The van der Waals surface area contributed by atoms with Crippen molar-refractivity contribution in [1.82, 2.24) is 9.62 Å². The second kappa shape index (κ2) is 7.42. The van der Waals surface area contributed by atoms with E-state index in [1.807, 2.05) is 18.2 Å². The number of sulfonamides is 1. The highest BCUT2D eigenvalue weighted by Gasteiger charge is 2.53. The van der Waals surface area contributed by atoms with Gasteiger partial charge in [-0.05, 0) is 30.3 Å². The van der Waals surface area contributed by atoms with Crippen LogP contribution in [0.4, 0.5) is 0 Å². The normalized spacial score (nSPS) is 27.6. The molecule has 2 aliphatic carbocycles. The van der Waals surface area contributed by atoms with Crippen LogP contribution < -0.4 is 5.32 Å². The predicted octanol–water partition coefficient (Wildman–Crippen LogP) is 3.89. The summed E-state index contributed by atoms with van der Waals surface area (Å²) in [4.78, 5) is 18.2. The number of rotatable bonds is 2. The van der Waals surface area contributed by atoms with Crippen molar-refractivity contribution in [3.8, 4) is 0 Å². The number of dihydropyridines is 1. The number of nitrogens with one attached hydrogen (secondary N) is 1. The number of aliphatic imine (C=N–C) groups is 1. The number of hydrogen-bond donors (Lipinski definition) is 1. The first kappa shape index (κ1) is 21.9. The van der Waals surface area contributed by atoms with Gasteiger partial charge in [-0.2, -0.15) is 9.42 Å². The lowest BCUT2D eigenvalue weighted by Gasteiger charge is -2.49. The van der Waals surface area contributed by atoms with Crippen molar-refractivity contribution in [3.63, 3.8) is 0 Å². The van der Waals surface area contributed by atoms with Gasteiger partial charge < -0.3 is 5.32 Å². The Morgan fingerprint density at radius 2 is 1.94 bits per heavy atom. The third-order valence-corrected chi connectivity index (χ3v) is 9.93. The van der Waals surface area contributed by atoms with E-state index >= 15 is 0 Å². The molecule has 0 amide bonds. The van der Waals surface area contributed by atoms with Crippen molar-refractivity contribution in [1.29, 1.82) is 0 Å². The summed E-state index contributed by atoms with van der Waals surface area (Å²) in [7, 11) is -3.63. The van der Waals surface area contributed by atoms with Gasteiger partial charge in [-0.25, -0.2) is 8.42 Å². The monoisotopic (exact) mass is 479 g/mol. The summed E-state index contributed by atoms with van der Waals surface area (Å²) < 4.78 is 28.7. The summed E-state index contributed by atoms with van der Waals surface area (Å²) in [6, 6.07) is 0. The summed E-state index contributed by atoms with van der Waals surface area (Å²) in [6.07, 6.45) is 11.0. The Hall–Kier alpha value is -2.65. The highest BCUT2D eigenvalue weighted by atomic mass is 32.2. The molecule has 1 N–H and O–H groups in total. The number of nitrogens with zero attached hydrogens (tertiary/aromatic N) is 4. The van der Waals surface area contributed by atoms with Crippen LogP contribution in [0.2, 0.25) is 0 Å². The van der Waals surface area contributed by atoms with Crippen LogP contribution in [0.5, 0.6) is 0 Å². The van der Waals surface area contributed by atoms with Crippen LogP contribution >= 0.6 is 0 Å². The van der Waals surface area contributed by atoms with Crippen molar-refractivity contribution in [2.75, 3.05) is 19.6 Å². The molecular formula is C25H29N5O3S. The van der Waals surface area contributed by atoms with Gasteiger partial charge in [0.25, 0.3) is 0 Å². The van der Waals surface area contributed by atoms with Crippen molar-refractivity contribution < 1.29 is 13.2 Å². The highest BCUT2D eigenvalue weighted by molar-refractivity contribution is 7.93. The van der Waals surface area contributed by atoms with Crippen LogP contribution in [0.25, 0.3) is 0 Å². The molecule has 6 rings (SSSR count). The van der Waals surface area contributed by atoms with E-state index in [2.05, 4.69) is 34.4 Å². The average Bonchev–Trinajstić information content (AvgIpc) is 3.27. The number of hydrogen-bond acceptors (Lipinski definition) is 7.